The Labute approximate surface area is 316 Å². The molecule has 5 aromatic carbocycles. The van der Waals surface area contributed by atoms with Gasteiger partial charge in [0.1, 0.15) is 17.2 Å². The number of anilines is 1. The number of aryl methyl sites for hydroxylation is 1. The van der Waals surface area contributed by atoms with Gasteiger partial charge in [-0.15, -0.1) is 15.0 Å². The monoisotopic (exact) mass is 713 g/mol. The van der Waals surface area contributed by atoms with Gasteiger partial charge in [0.05, 0.1) is 6.61 Å². The van der Waals surface area contributed by atoms with Crippen LogP contribution in [-0.2, 0) is 16.8 Å². The molecule has 0 amide bonds. The van der Waals surface area contributed by atoms with E-state index >= 15 is 0 Å². The number of tetrazole rings is 1. The van der Waals surface area contributed by atoms with Crippen LogP contribution in [0.15, 0.2) is 146 Å². The second kappa shape index (κ2) is 16.5. The number of benzene rings is 5. The van der Waals surface area contributed by atoms with Crippen molar-refractivity contribution in [2.75, 3.05) is 18.1 Å². The van der Waals surface area contributed by atoms with E-state index in [4.69, 9.17) is 25.1 Å². The van der Waals surface area contributed by atoms with Crippen LogP contribution in [0.25, 0.3) is 22.5 Å². The third-order valence-corrected chi connectivity index (χ3v) is 9.56. The summed E-state index contributed by atoms with van der Waals surface area (Å²) in [5.74, 6) is 1.31. The second-order valence-electron chi connectivity index (χ2n) is 13.1. The number of carbonyl (C=O) groups excluding carboxylic acids is 1. The number of esters is 1. The van der Waals surface area contributed by atoms with E-state index < -0.39 is 11.5 Å². The topological polar surface area (TPSA) is 98.9 Å². The van der Waals surface area contributed by atoms with E-state index in [9.17, 15) is 4.79 Å². The minimum atomic E-state index is -0.870. The lowest BCUT2D eigenvalue weighted by Gasteiger charge is -2.34. The van der Waals surface area contributed by atoms with Gasteiger partial charge in [0.25, 0.3) is 0 Å². The van der Waals surface area contributed by atoms with E-state index in [0.717, 1.165) is 58.3 Å². The predicted octanol–water partition coefficient (Wildman–Crippen LogP) is 8.93. The molecule has 0 saturated carbocycles. The van der Waals surface area contributed by atoms with Crippen molar-refractivity contribution in [2.45, 2.75) is 45.7 Å². The summed E-state index contributed by atoms with van der Waals surface area (Å²) in [5, 5.41) is 14.7. The highest BCUT2D eigenvalue weighted by Gasteiger charge is 2.41. The van der Waals surface area contributed by atoms with E-state index in [0.29, 0.717) is 29.6 Å². The van der Waals surface area contributed by atoms with Gasteiger partial charge in [0, 0.05) is 24.8 Å². The lowest BCUT2D eigenvalue weighted by molar-refractivity contribution is 0.0526. The van der Waals surface area contributed by atoms with Crippen LogP contribution < -0.4 is 4.90 Å². The van der Waals surface area contributed by atoms with Crippen molar-refractivity contribution in [3.8, 4) is 22.5 Å². The zero-order valence-electron chi connectivity index (χ0n) is 30.8. The normalized spacial score (nSPS) is 11.3. The highest BCUT2D eigenvalue weighted by molar-refractivity contribution is 5.94. The number of aromatic nitrogens is 6. The summed E-state index contributed by atoms with van der Waals surface area (Å²) in [5.41, 5.74) is 6.55. The Morgan fingerprint density at radius 1 is 0.741 bits per heavy atom. The van der Waals surface area contributed by atoms with Gasteiger partial charge in [0.15, 0.2) is 5.54 Å². The minimum Gasteiger partial charge on any atom is -0.462 e. The number of nitrogens with zero attached hydrogens (tertiary/aromatic N) is 7. The van der Waals surface area contributed by atoms with E-state index in [1.807, 2.05) is 79.7 Å². The summed E-state index contributed by atoms with van der Waals surface area (Å²) in [6.45, 7) is 7.38. The average molecular weight is 714 g/mol. The molecular formula is C45H43N7O2. The maximum absolute atomic E-state index is 12.9. The highest BCUT2D eigenvalue weighted by Crippen LogP contribution is 2.40. The standard InChI is InChI=1S/C45H43N7O2/c1-4-6-30-51(43-41(44(53)54-5-2)31-46-33(3)47-43)32-34-26-28-35(29-27-34)39-24-16-17-25-40(39)42-48-50-52(49-42)45(36-18-10-7-11-19-36,37-20-12-8-13-21-37)38-22-14-9-15-23-38/h7-29,31H,4-6,30,32H2,1-3H3. The molecule has 9 nitrogen and oxygen atoms in total. The quantitative estimate of drug-likeness (QED) is 0.0814. The molecule has 0 bridgehead atoms. The first kappa shape index (κ1) is 35.9. The molecule has 7 aromatic rings. The Kier molecular flexibility index (Phi) is 10.9. The number of carbonyl (C=O) groups is 1. The lowest BCUT2D eigenvalue weighted by Crippen LogP contribution is -2.39. The van der Waals surface area contributed by atoms with Crippen molar-refractivity contribution >= 4 is 11.8 Å². The molecule has 0 atom stereocenters. The van der Waals surface area contributed by atoms with Gasteiger partial charge in [-0.05, 0) is 58.9 Å². The fourth-order valence-corrected chi connectivity index (χ4v) is 6.95. The molecule has 0 aliphatic heterocycles. The van der Waals surface area contributed by atoms with Crippen LogP contribution in [0.2, 0.25) is 0 Å². The van der Waals surface area contributed by atoms with Crippen molar-refractivity contribution in [2.24, 2.45) is 0 Å². The van der Waals surface area contributed by atoms with Crippen LogP contribution in [0.1, 0.15) is 65.1 Å². The fourth-order valence-electron chi connectivity index (χ4n) is 6.95. The summed E-state index contributed by atoms with van der Waals surface area (Å²) in [4.78, 5) is 25.8. The number of hydrogen-bond donors (Lipinski definition) is 0. The van der Waals surface area contributed by atoms with Crippen LogP contribution >= 0.6 is 0 Å². The van der Waals surface area contributed by atoms with E-state index in [2.05, 4.69) is 83.5 Å². The van der Waals surface area contributed by atoms with Crippen LogP contribution in [0.3, 0.4) is 0 Å². The smallest absolute Gasteiger partial charge is 0.343 e. The largest absolute Gasteiger partial charge is 0.462 e. The Morgan fingerprint density at radius 3 is 1.89 bits per heavy atom. The Morgan fingerprint density at radius 2 is 1.31 bits per heavy atom. The molecule has 0 saturated heterocycles. The molecule has 9 heteroatoms. The van der Waals surface area contributed by atoms with E-state index in [-0.39, 0.29) is 6.61 Å². The Hall–Kier alpha value is -6.48. The van der Waals surface area contributed by atoms with Gasteiger partial charge in [-0.3, -0.25) is 0 Å². The zero-order chi connectivity index (χ0) is 37.3. The number of unbranched alkanes of at least 4 members (excludes halogenated alkanes) is 1. The molecule has 0 radical (unpaired) electrons. The van der Waals surface area contributed by atoms with Gasteiger partial charge < -0.3 is 9.64 Å². The summed E-state index contributed by atoms with van der Waals surface area (Å²) >= 11 is 0. The molecule has 0 fully saturated rings. The minimum absolute atomic E-state index is 0.282. The van der Waals surface area contributed by atoms with E-state index in [1.165, 1.54) is 0 Å². The molecule has 2 heterocycles. The maximum atomic E-state index is 12.9. The Balaban J connectivity index is 1.25. The molecule has 0 aliphatic carbocycles. The molecular weight excluding hydrogens is 671 g/mol. The van der Waals surface area contributed by atoms with Gasteiger partial charge in [-0.2, -0.15) is 0 Å². The SMILES string of the molecule is CCCCN(Cc1ccc(-c2ccccc2-c2nnn(C(c3ccccc3)(c3ccccc3)c3ccccc3)n2)cc1)c1nc(C)ncc1C(=O)OCC. The van der Waals surface area contributed by atoms with Crippen molar-refractivity contribution in [1.29, 1.82) is 0 Å². The highest BCUT2D eigenvalue weighted by atomic mass is 16.5. The summed E-state index contributed by atoms with van der Waals surface area (Å²) in [6.07, 6.45) is 3.53. The molecule has 7 rings (SSSR count). The van der Waals surface area contributed by atoms with Gasteiger partial charge in [-0.25, -0.2) is 14.8 Å². The zero-order valence-corrected chi connectivity index (χ0v) is 30.8. The molecule has 270 valence electrons. The van der Waals surface area contributed by atoms with Crippen LogP contribution in [-0.4, -0.2) is 49.3 Å². The first-order valence-electron chi connectivity index (χ1n) is 18.4. The van der Waals surface area contributed by atoms with Crippen LogP contribution in [0, 0.1) is 6.92 Å². The summed E-state index contributed by atoms with van der Waals surface area (Å²) in [7, 11) is 0. The number of rotatable bonds is 14. The van der Waals surface area contributed by atoms with Crippen molar-refractivity contribution in [3.05, 3.63) is 179 Å². The molecule has 2 aromatic heterocycles. The van der Waals surface area contributed by atoms with Crippen molar-refractivity contribution in [3.63, 3.8) is 0 Å². The molecule has 0 spiro atoms. The third kappa shape index (κ3) is 7.25. The van der Waals surface area contributed by atoms with Crippen LogP contribution in [0.5, 0.6) is 0 Å². The van der Waals surface area contributed by atoms with Gasteiger partial charge in [-0.1, -0.05) is 153 Å². The summed E-state index contributed by atoms with van der Waals surface area (Å²) < 4.78 is 5.35. The average Bonchev–Trinajstić information content (AvgIpc) is 3.72. The van der Waals surface area contributed by atoms with Gasteiger partial charge in [0.2, 0.25) is 5.82 Å². The number of hydrogen-bond acceptors (Lipinski definition) is 8. The van der Waals surface area contributed by atoms with Crippen LogP contribution in [0.4, 0.5) is 5.82 Å². The molecule has 0 unspecified atom stereocenters. The Bertz CT molecular complexity index is 2200. The summed E-state index contributed by atoms with van der Waals surface area (Å²) in [6, 6.07) is 47.7. The molecule has 0 N–H and O–H groups in total. The van der Waals surface area contributed by atoms with E-state index in [1.54, 1.807) is 17.9 Å². The molecule has 0 aliphatic rings. The van der Waals surface area contributed by atoms with Gasteiger partial charge >= 0.3 is 5.97 Å². The number of ether oxygens (including phenoxy) is 1. The lowest BCUT2D eigenvalue weighted by atomic mass is 9.77. The fraction of sp³-hybridized carbons (Fsp3) is 0.200. The second-order valence-corrected chi connectivity index (χ2v) is 13.1. The first-order chi connectivity index (χ1) is 26.5. The first-order valence-corrected chi connectivity index (χ1v) is 18.4. The third-order valence-electron chi connectivity index (χ3n) is 9.56. The maximum Gasteiger partial charge on any atom is 0.343 e. The van der Waals surface area contributed by atoms with Crippen molar-refractivity contribution < 1.29 is 9.53 Å². The predicted molar refractivity (Wildman–Crippen MR) is 212 cm³/mol. The molecule has 54 heavy (non-hydrogen) atoms. The van der Waals surface area contributed by atoms with Crippen molar-refractivity contribution in [1.82, 2.24) is 30.2 Å².